The molecular weight excluding hydrogens is 404 g/mol. The Balaban J connectivity index is 2.49. The van der Waals surface area contributed by atoms with Crippen molar-refractivity contribution in [2.45, 2.75) is 11.8 Å². The van der Waals surface area contributed by atoms with Crippen molar-refractivity contribution >= 4 is 54.8 Å². The average molecular weight is 413 g/mol. The van der Waals surface area contributed by atoms with E-state index < -0.39 is 20.9 Å². The van der Waals surface area contributed by atoms with Crippen molar-refractivity contribution < 1.29 is 12.8 Å². The minimum Gasteiger partial charge on any atom is -0.278 e. The summed E-state index contributed by atoms with van der Waals surface area (Å²) < 4.78 is 41.2. The van der Waals surface area contributed by atoms with E-state index in [2.05, 4.69) is 20.7 Å². The summed E-state index contributed by atoms with van der Waals surface area (Å²) in [5, 5.41) is -0.783. The highest BCUT2D eigenvalue weighted by atomic mass is 79.9. The second kappa shape index (κ2) is 6.12. The number of sulfonamides is 1. The molecule has 0 amide bonds. The van der Waals surface area contributed by atoms with Gasteiger partial charge in [-0.1, -0.05) is 29.3 Å². The molecule has 0 radical (unpaired) electrons. The Morgan fingerprint density at radius 1 is 1.19 bits per heavy atom. The smallest absolute Gasteiger partial charge is 0.263 e. The van der Waals surface area contributed by atoms with Gasteiger partial charge in [-0.25, -0.2) is 12.8 Å². The largest absolute Gasteiger partial charge is 0.278 e. The molecule has 1 N–H and O–H groups in total. The van der Waals surface area contributed by atoms with Crippen molar-refractivity contribution in [3.63, 3.8) is 0 Å². The van der Waals surface area contributed by atoms with Gasteiger partial charge in [0.25, 0.3) is 10.0 Å². The molecule has 3 nitrogen and oxygen atoms in total. The van der Waals surface area contributed by atoms with Gasteiger partial charge in [0.05, 0.1) is 15.7 Å². The summed E-state index contributed by atoms with van der Waals surface area (Å²) in [6.07, 6.45) is 0. The van der Waals surface area contributed by atoms with Gasteiger partial charge in [-0.3, -0.25) is 4.72 Å². The third kappa shape index (κ3) is 3.51. The molecule has 0 saturated carbocycles. The monoisotopic (exact) mass is 411 g/mol. The standard InChI is InChI=1S/C13H9BrCl2FNO2S/c1-7-2-3-8(14)10(6-7)18-21(19,20)11-5-4-9(15)13(17)12(11)16/h2-6,18H,1H3. The molecule has 21 heavy (non-hydrogen) atoms. The Hall–Kier alpha value is -0.820. The van der Waals surface area contributed by atoms with E-state index in [1.54, 1.807) is 12.1 Å². The van der Waals surface area contributed by atoms with Gasteiger partial charge in [-0.2, -0.15) is 0 Å². The summed E-state index contributed by atoms with van der Waals surface area (Å²) in [7, 11) is -4.03. The molecule has 0 atom stereocenters. The summed E-state index contributed by atoms with van der Waals surface area (Å²) in [6.45, 7) is 1.82. The highest BCUT2D eigenvalue weighted by Crippen LogP contribution is 2.32. The van der Waals surface area contributed by atoms with Gasteiger partial charge < -0.3 is 0 Å². The fourth-order valence-corrected chi connectivity index (χ4v) is 3.93. The predicted octanol–water partition coefficient (Wildman–Crippen LogP) is 5.00. The van der Waals surface area contributed by atoms with Crippen LogP contribution in [0.5, 0.6) is 0 Å². The number of rotatable bonds is 3. The van der Waals surface area contributed by atoms with Crippen LogP contribution in [0.25, 0.3) is 0 Å². The lowest BCUT2D eigenvalue weighted by Gasteiger charge is -2.12. The number of anilines is 1. The Morgan fingerprint density at radius 2 is 1.86 bits per heavy atom. The summed E-state index contributed by atoms with van der Waals surface area (Å²) >= 11 is 14.5. The summed E-state index contributed by atoms with van der Waals surface area (Å²) in [5.74, 6) is -0.968. The summed E-state index contributed by atoms with van der Waals surface area (Å²) in [6, 6.07) is 7.46. The fourth-order valence-electron chi connectivity index (χ4n) is 1.63. The van der Waals surface area contributed by atoms with Crippen molar-refractivity contribution in [3.8, 4) is 0 Å². The van der Waals surface area contributed by atoms with Crippen LogP contribution in [0.3, 0.4) is 0 Å². The van der Waals surface area contributed by atoms with E-state index >= 15 is 0 Å². The van der Waals surface area contributed by atoms with E-state index in [0.29, 0.717) is 10.2 Å². The number of aryl methyl sites for hydroxylation is 1. The van der Waals surface area contributed by atoms with Crippen LogP contribution in [-0.2, 0) is 10.0 Å². The van der Waals surface area contributed by atoms with Crippen molar-refractivity contribution in [3.05, 3.63) is 56.2 Å². The minimum absolute atomic E-state index is 0.240. The molecule has 0 aliphatic rings. The van der Waals surface area contributed by atoms with Crippen molar-refractivity contribution in [2.24, 2.45) is 0 Å². The van der Waals surface area contributed by atoms with Gasteiger partial charge in [0, 0.05) is 4.47 Å². The Labute approximate surface area is 140 Å². The van der Waals surface area contributed by atoms with Gasteiger partial charge in [0.2, 0.25) is 0 Å². The number of nitrogens with one attached hydrogen (secondary N) is 1. The van der Waals surface area contributed by atoms with E-state index in [0.717, 1.165) is 17.7 Å². The molecule has 2 aromatic rings. The van der Waals surface area contributed by atoms with Crippen LogP contribution in [0, 0.1) is 12.7 Å². The second-order valence-corrected chi connectivity index (χ2v) is 7.55. The lowest BCUT2D eigenvalue weighted by Crippen LogP contribution is -2.14. The Kier molecular flexibility index (Phi) is 4.82. The molecule has 0 aromatic heterocycles. The third-order valence-electron chi connectivity index (χ3n) is 2.66. The normalized spacial score (nSPS) is 11.5. The van der Waals surface area contributed by atoms with Gasteiger partial charge in [-0.05, 0) is 52.7 Å². The lowest BCUT2D eigenvalue weighted by molar-refractivity contribution is 0.595. The molecule has 0 fully saturated rings. The van der Waals surface area contributed by atoms with Gasteiger partial charge >= 0.3 is 0 Å². The maximum atomic E-state index is 13.6. The maximum absolute atomic E-state index is 13.6. The second-order valence-electron chi connectivity index (χ2n) is 4.26. The predicted molar refractivity (Wildman–Crippen MR) is 86.1 cm³/mol. The van der Waals surface area contributed by atoms with E-state index in [1.807, 2.05) is 13.0 Å². The molecule has 0 bridgehead atoms. The first-order valence-electron chi connectivity index (χ1n) is 5.65. The van der Waals surface area contributed by atoms with E-state index in [1.165, 1.54) is 0 Å². The maximum Gasteiger partial charge on any atom is 0.263 e. The first-order valence-corrected chi connectivity index (χ1v) is 8.68. The Morgan fingerprint density at radius 3 is 2.52 bits per heavy atom. The zero-order valence-electron chi connectivity index (χ0n) is 10.6. The Bertz CT molecular complexity index is 812. The van der Waals surface area contributed by atoms with Crippen molar-refractivity contribution in [2.75, 3.05) is 4.72 Å². The molecule has 2 aromatic carbocycles. The molecule has 0 aliphatic heterocycles. The topological polar surface area (TPSA) is 46.2 Å². The molecule has 0 spiro atoms. The van der Waals surface area contributed by atoms with E-state index in [4.69, 9.17) is 23.2 Å². The van der Waals surface area contributed by atoms with Crippen LogP contribution < -0.4 is 4.72 Å². The number of benzene rings is 2. The average Bonchev–Trinajstić information content (AvgIpc) is 2.39. The lowest BCUT2D eigenvalue weighted by atomic mass is 10.2. The molecule has 8 heteroatoms. The molecule has 0 saturated heterocycles. The molecular formula is C13H9BrCl2FNO2S. The van der Waals surface area contributed by atoms with E-state index in [9.17, 15) is 12.8 Å². The van der Waals surface area contributed by atoms with Crippen LogP contribution in [0.15, 0.2) is 39.7 Å². The van der Waals surface area contributed by atoms with Crippen LogP contribution >= 0.6 is 39.1 Å². The molecule has 112 valence electrons. The van der Waals surface area contributed by atoms with Crippen LogP contribution in [0.2, 0.25) is 10.0 Å². The van der Waals surface area contributed by atoms with Crippen molar-refractivity contribution in [1.29, 1.82) is 0 Å². The van der Waals surface area contributed by atoms with Crippen molar-refractivity contribution in [1.82, 2.24) is 0 Å². The molecule has 0 unspecified atom stereocenters. The highest BCUT2D eigenvalue weighted by Gasteiger charge is 2.22. The number of hydrogen-bond acceptors (Lipinski definition) is 2. The summed E-state index contributed by atoms with van der Waals surface area (Å²) in [5.41, 5.74) is 1.20. The third-order valence-corrected chi connectivity index (χ3v) is 5.53. The van der Waals surface area contributed by atoms with Crippen LogP contribution in [0.4, 0.5) is 10.1 Å². The zero-order chi connectivity index (χ0) is 15.8. The zero-order valence-corrected chi connectivity index (χ0v) is 14.5. The fraction of sp³-hybridized carbons (Fsp3) is 0.0769. The number of hydrogen-bond donors (Lipinski definition) is 1. The van der Waals surface area contributed by atoms with Gasteiger partial charge in [0.1, 0.15) is 4.90 Å². The van der Waals surface area contributed by atoms with Gasteiger partial charge in [-0.15, -0.1) is 0 Å². The first-order chi connectivity index (χ1) is 9.72. The highest BCUT2D eigenvalue weighted by molar-refractivity contribution is 9.10. The molecule has 2 rings (SSSR count). The first kappa shape index (κ1) is 16.5. The molecule has 0 heterocycles. The van der Waals surface area contributed by atoms with E-state index in [-0.39, 0.29) is 9.92 Å². The number of halogens is 4. The summed E-state index contributed by atoms with van der Waals surface area (Å²) in [4.78, 5) is -0.375. The minimum atomic E-state index is -4.03. The van der Waals surface area contributed by atoms with Gasteiger partial charge in [0.15, 0.2) is 5.82 Å². The molecule has 0 aliphatic carbocycles. The van der Waals surface area contributed by atoms with Crippen LogP contribution in [-0.4, -0.2) is 8.42 Å². The van der Waals surface area contributed by atoms with Crippen LogP contribution in [0.1, 0.15) is 5.56 Å². The SMILES string of the molecule is Cc1ccc(Br)c(NS(=O)(=O)c2ccc(Cl)c(F)c2Cl)c1. The quantitative estimate of drug-likeness (QED) is 0.720.